The molecule has 2 N–H and O–H groups in total. The number of urea groups is 1. The number of benzene rings is 1. The first-order valence-corrected chi connectivity index (χ1v) is 9.34. The first kappa shape index (κ1) is 21.9. The van der Waals surface area contributed by atoms with Crippen LogP contribution in [-0.4, -0.2) is 47.3 Å². The zero-order valence-corrected chi connectivity index (χ0v) is 16.6. The van der Waals surface area contributed by atoms with Crippen LogP contribution in [0.2, 0.25) is 0 Å². The summed E-state index contributed by atoms with van der Waals surface area (Å²) in [6.45, 7) is 8.01. The predicted octanol–water partition coefficient (Wildman–Crippen LogP) is 2.87. The van der Waals surface area contributed by atoms with Gasteiger partial charge >= 0.3 is 6.03 Å². The molecule has 2 rings (SSSR count). The van der Waals surface area contributed by atoms with Gasteiger partial charge in [-0.2, -0.15) is 0 Å². The average Bonchev–Trinajstić information content (AvgIpc) is 2.61. The Morgan fingerprint density at radius 1 is 1.14 bits per heavy atom. The summed E-state index contributed by atoms with van der Waals surface area (Å²) < 4.78 is 27.2. The van der Waals surface area contributed by atoms with Gasteiger partial charge in [-0.05, 0) is 71.8 Å². The van der Waals surface area contributed by atoms with Gasteiger partial charge in [-0.3, -0.25) is 19.8 Å². The van der Waals surface area contributed by atoms with E-state index in [1.807, 2.05) is 25.7 Å². The Bertz CT molecular complexity index is 754. The summed E-state index contributed by atoms with van der Waals surface area (Å²) in [6, 6.07) is 1.74. The van der Waals surface area contributed by atoms with Crippen LogP contribution < -0.4 is 10.6 Å². The summed E-state index contributed by atoms with van der Waals surface area (Å²) in [4.78, 5) is 38.5. The molecule has 28 heavy (non-hydrogen) atoms. The largest absolute Gasteiger partial charge is 0.333 e. The Labute approximate surface area is 163 Å². The van der Waals surface area contributed by atoms with Crippen molar-refractivity contribution in [3.63, 3.8) is 0 Å². The van der Waals surface area contributed by atoms with Crippen LogP contribution in [0, 0.1) is 17.6 Å². The molecule has 1 unspecified atom stereocenters. The third kappa shape index (κ3) is 5.82. The highest BCUT2D eigenvalue weighted by molar-refractivity contribution is 5.98. The second-order valence-electron chi connectivity index (χ2n) is 8.17. The number of hydrogen-bond donors (Lipinski definition) is 2. The minimum absolute atomic E-state index is 0.233. The fraction of sp³-hybridized carbons (Fsp3) is 0.550. The van der Waals surface area contributed by atoms with Crippen LogP contribution in [0.1, 0.15) is 50.9 Å². The van der Waals surface area contributed by atoms with E-state index in [0.717, 1.165) is 18.2 Å². The third-order valence-electron chi connectivity index (χ3n) is 4.75. The topological polar surface area (TPSA) is 78.5 Å². The van der Waals surface area contributed by atoms with E-state index < -0.39 is 46.9 Å². The number of likely N-dealkylation sites (tertiary alicyclic amines) is 1. The molecule has 1 aromatic carbocycles. The van der Waals surface area contributed by atoms with E-state index >= 15 is 0 Å². The molecule has 1 aliphatic rings. The molecule has 0 aromatic heterocycles. The number of imide groups is 1. The predicted molar refractivity (Wildman–Crippen MR) is 101 cm³/mol. The van der Waals surface area contributed by atoms with Gasteiger partial charge < -0.3 is 5.32 Å². The molecule has 8 heteroatoms. The van der Waals surface area contributed by atoms with Crippen molar-refractivity contribution in [2.24, 2.45) is 5.92 Å². The number of Topliss-reactive ketones (excluding diaryl/α,β-unsaturated/α-hetero) is 1. The van der Waals surface area contributed by atoms with Crippen LogP contribution in [0.4, 0.5) is 13.6 Å². The van der Waals surface area contributed by atoms with Gasteiger partial charge in [0.05, 0.1) is 11.6 Å². The van der Waals surface area contributed by atoms with E-state index in [2.05, 4.69) is 10.6 Å². The van der Waals surface area contributed by atoms with E-state index in [0.29, 0.717) is 25.9 Å². The van der Waals surface area contributed by atoms with Gasteiger partial charge in [-0.25, -0.2) is 13.6 Å². The molecule has 1 aromatic rings. The Morgan fingerprint density at radius 3 is 2.32 bits per heavy atom. The number of carbonyl (C=O) groups excluding carboxylic acids is 3. The van der Waals surface area contributed by atoms with Gasteiger partial charge in [-0.15, -0.1) is 0 Å². The number of hydrogen-bond acceptors (Lipinski definition) is 4. The molecular weight excluding hydrogens is 368 g/mol. The average molecular weight is 395 g/mol. The number of nitrogens with zero attached hydrogens (tertiary/aromatic N) is 1. The lowest BCUT2D eigenvalue weighted by Gasteiger charge is -2.34. The molecule has 1 heterocycles. The van der Waals surface area contributed by atoms with E-state index in [9.17, 15) is 23.2 Å². The van der Waals surface area contributed by atoms with Crippen molar-refractivity contribution in [3.05, 3.63) is 35.4 Å². The Morgan fingerprint density at radius 2 is 1.75 bits per heavy atom. The highest BCUT2D eigenvalue weighted by Crippen LogP contribution is 2.24. The van der Waals surface area contributed by atoms with Gasteiger partial charge in [0.1, 0.15) is 11.6 Å². The molecule has 1 fully saturated rings. The van der Waals surface area contributed by atoms with Crippen LogP contribution in [-0.2, 0) is 4.79 Å². The van der Waals surface area contributed by atoms with E-state index in [-0.39, 0.29) is 5.56 Å². The first-order valence-electron chi connectivity index (χ1n) is 9.34. The van der Waals surface area contributed by atoms with Crippen molar-refractivity contribution >= 4 is 17.7 Å². The third-order valence-corrected chi connectivity index (χ3v) is 4.75. The summed E-state index contributed by atoms with van der Waals surface area (Å²) >= 11 is 0. The van der Waals surface area contributed by atoms with Crippen molar-refractivity contribution < 1.29 is 23.2 Å². The lowest BCUT2D eigenvalue weighted by molar-refractivity contribution is -0.125. The molecule has 154 valence electrons. The number of ketones is 1. The minimum atomic E-state index is -0.730. The second-order valence-corrected chi connectivity index (χ2v) is 8.17. The van der Waals surface area contributed by atoms with Gasteiger partial charge in [0.2, 0.25) is 5.91 Å². The fourth-order valence-electron chi connectivity index (χ4n) is 3.21. The van der Waals surface area contributed by atoms with E-state index in [1.165, 1.54) is 0 Å². The molecule has 0 spiro atoms. The molecule has 1 aliphatic heterocycles. The van der Waals surface area contributed by atoms with Crippen LogP contribution in [0.25, 0.3) is 0 Å². The van der Waals surface area contributed by atoms with Crippen molar-refractivity contribution in [2.45, 2.75) is 52.1 Å². The molecule has 3 amide bonds. The highest BCUT2D eigenvalue weighted by atomic mass is 19.1. The second kappa shape index (κ2) is 8.77. The Hall–Kier alpha value is -2.35. The number of carbonyl (C=O) groups is 3. The Kier molecular flexibility index (Phi) is 6.87. The molecule has 0 bridgehead atoms. The lowest BCUT2D eigenvalue weighted by Crippen LogP contribution is -2.54. The number of amides is 3. The highest BCUT2D eigenvalue weighted by Gasteiger charge is 2.32. The SMILES string of the molecule is CC(C(=O)NC(=O)NC(C)(C)C)N1CCC(C(=O)c2cc(F)ccc2F)CC1. The van der Waals surface area contributed by atoms with Gasteiger partial charge in [0.15, 0.2) is 5.78 Å². The minimum Gasteiger partial charge on any atom is -0.333 e. The van der Waals surface area contributed by atoms with Crippen LogP contribution >= 0.6 is 0 Å². The van der Waals surface area contributed by atoms with Gasteiger partial charge in [0, 0.05) is 11.5 Å². The molecule has 1 atom stereocenters. The quantitative estimate of drug-likeness (QED) is 0.769. The summed E-state index contributed by atoms with van der Waals surface area (Å²) in [6.07, 6.45) is 0.862. The zero-order valence-electron chi connectivity index (χ0n) is 16.6. The smallest absolute Gasteiger partial charge is 0.321 e. The summed E-state index contributed by atoms with van der Waals surface area (Å²) in [7, 11) is 0. The standard InChI is InChI=1S/C20H27F2N3O3/c1-12(18(27)23-19(28)24-20(2,3)4)25-9-7-13(8-10-25)17(26)15-11-14(21)5-6-16(15)22/h5-6,11-13H,7-10H2,1-4H3,(H2,23,24,27,28). The monoisotopic (exact) mass is 395 g/mol. The zero-order chi connectivity index (χ0) is 21.1. The van der Waals surface area contributed by atoms with Crippen molar-refractivity contribution in [2.75, 3.05) is 13.1 Å². The summed E-state index contributed by atoms with van der Waals surface area (Å²) in [5.41, 5.74) is -0.693. The normalized spacial score (nSPS) is 17.1. The maximum Gasteiger partial charge on any atom is 0.321 e. The van der Waals surface area contributed by atoms with Crippen molar-refractivity contribution in [3.8, 4) is 0 Å². The fourth-order valence-corrected chi connectivity index (χ4v) is 3.21. The summed E-state index contributed by atoms with van der Waals surface area (Å²) in [5, 5.41) is 4.98. The molecule has 0 radical (unpaired) electrons. The van der Waals surface area contributed by atoms with Crippen LogP contribution in [0.15, 0.2) is 18.2 Å². The van der Waals surface area contributed by atoms with Crippen molar-refractivity contribution in [1.82, 2.24) is 15.5 Å². The van der Waals surface area contributed by atoms with Gasteiger partial charge in [-0.1, -0.05) is 0 Å². The maximum absolute atomic E-state index is 13.8. The maximum atomic E-state index is 13.8. The summed E-state index contributed by atoms with van der Waals surface area (Å²) in [5.74, 6) is -2.65. The number of nitrogens with one attached hydrogen (secondary N) is 2. The number of piperidine rings is 1. The lowest BCUT2D eigenvalue weighted by atomic mass is 9.88. The van der Waals surface area contributed by atoms with Crippen LogP contribution in [0.3, 0.4) is 0 Å². The van der Waals surface area contributed by atoms with Gasteiger partial charge in [0.25, 0.3) is 0 Å². The molecular formula is C20H27F2N3O3. The Balaban J connectivity index is 1.90. The first-order chi connectivity index (χ1) is 13.0. The molecule has 0 saturated carbocycles. The number of halogens is 2. The van der Waals surface area contributed by atoms with Crippen molar-refractivity contribution in [1.29, 1.82) is 0 Å². The van der Waals surface area contributed by atoms with Crippen LogP contribution in [0.5, 0.6) is 0 Å². The number of rotatable bonds is 4. The molecule has 6 nitrogen and oxygen atoms in total. The molecule has 0 aliphatic carbocycles. The van der Waals surface area contributed by atoms with E-state index in [4.69, 9.17) is 0 Å². The van der Waals surface area contributed by atoms with E-state index in [1.54, 1.807) is 6.92 Å². The molecule has 1 saturated heterocycles.